The van der Waals surface area contributed by atoms with Crippen LogP contribution in [0.3, 0.4) is 0 Å². The van der Waals surface area contributed by atoms with Gasteiger partial charge < -0.3 is 10.6 Å². The topological polar surface area (TPSA) is 69.8 Å². The number of piperidine rings is 1. The van der Waals surface area contributed by atoms with Crippen LogP contribution in [-0.4, -0.2) is 58.2 Å². The number of rotatable bonds is 5. The predicted molar refractivity (Wildman–Crippen MR) is 96.1 cm³/mol. The van der Waals surface area contributed by atoms with Gasteiger partial charge in [-0.25, -0.2) is 0 Å². The van der Waals surface area contributed by atoms with E-state index in [4.69, 9.17) is 0 Å². The molecule has 1 aliphatic rings. The number of fused-ring (bicyclic) bond motifs is 1. The molecular weight excluding hydrogens is 302 g/mol. The molecule has 0 spiro atoms. The Hall–Kier alpha value is -2.15. The summed E-state index contributed by atoms with van der Waals surface area (Å²) in [7, 11) is 1.79. The van der Waals surface area contributed by atoms with Crippen molar-refractivity contribution in [1.82, 2.24) is 30.1 Å². The third-order valence-electron chi connectivity index (χ3n) is 4.65. The quantitative estimate of drug-likeness (QED) is 0.639. The van der Waals surface area contributed by atoms with E-state index in [0.717, 1.165) is 30.5 Å². The summed E-state index contributed by atoms with van der Waals surface area (Å²) in [5.41, 5.74) is 0.858. The molecule has 3 rings (SSSR count). The molecule has 0 aromatic carbocycles. The van der Waals surface area contributed by atoms with E-state index < -0.39 is 0 Å². The first-order valence-electron chi connectivity index (χ1n) is 8.75. The number of hydrogen-bond donors (Lipinski definition) is 2. The van der Waals surface area contributed by atoms with Gasteiger partial charge >= 0.3 is 0 Å². The molecule has 7 nitrogen and oxygen atoms in total. The molecule has 0 saturated carbocycles. The first-order valence-corrected chi connectivity index (χ1v) is 8.75. The van der Waals surface area contributed by atoms with E-state index in [1.54, 1.807) is 7.05 Å². The standard InChI is InChI=1S/C17H27N7/c1-14-7-3-5-10-23(14)12-9-19-17(18-2)20-13-16-22-21-15-8-4-6-11-24(15)16/h4,6,8,11,14H,3,5,7,9-10,12-13H2,1-2H3,(H2,18,19,20). The van der Waals surface area contributed by atoms with Crippen molar-refractivity contribution >= 4 is 11.6 Å². The summed E-state index contributed by atoms with van der Waals surface area (Å²) in [6.07, 6.45) is 5.96. The number of hydrogen-bond acceptors (Lipinski definition) is 4. The zero-order valence-corrected chi connectivity index (χ0v) is 14.6. The lowest BCUT2D eigenvalue weighted by Crippen LogP contribution is -2.45. The summed E-state index contributed by atoms with van der Waals surface area (Å²) < 4.78 is 1.98. The summed E-state index contributed by atoms with van der Waals surface area (Å²) in [5, 5.41) is 15.1. The fraction of sp³-hybridized carbons (Fsp3) is 0.588. The van der Waals surface area contributed by atoms with Crippen LogP contribution >= 0.6 is 0 Å². The van der Waals surface area contributed by atoms with Gasteiger partial charge in [0.25, 0.3) is 0 Å². The molecule has 1 fully saturated rings. The fourth-order valence-corrected chi connectivity index (χ4v) is 3.20. The van der Waals surface area contributed by atoms with Crippen LogP contribution in [0, 0.1) is 0 Å². The summed E-state index contributed by atoms with van der Waals surface area (Å²) in [6, 6.07) is 6.58. The number of likely N-dealkylation sites (tertiary alicyclic amines) is 1. The van der Waals surface area contributed by atoms with Gasteiger partial charge in [-0.2, -0.15) is 0 Å². The first kappa shape index (κ1) is 16.7. The summed E-state index contributed by atoms with van der Waals surface area (Å²) in [6.45, 7) is 6.06. The van der Waals surface area contributed by atoms with Crippen molar-refractivity contribution in [3.8, 4) is 0 Å². The number of aliphatic imine (C=N–C) groups is 1. The second kappa shape index (κ2) is 8.10. The lowest BCUT2D eigenvalue weighted by Gasteiger charge is -2.33. The second-order valence-corrected chi connectivity index (χ2v) is 6.28. The van der Waals surface area contributed by atoms with Crippen molar-refractivity contribution in [1.29, 1.82) is 0 Å². The number of nitrogens with zero attached hydrogens (tertiary/aromatic N) is 5. The number of nitrogens with one attached hydrogen (secondary N) is 2. The molecule has 3 heterocycles. The van der Waals surface area contributed by atoms with Gasteiger partial charge in [0, 0.05) is 32.4 Å². The lowest BCUT2D eigenvalue weighted by molar-refractivity contribution is 0.163. The zero-order valence-electron chi connectivity index (χ0n) is 14.6. The SMILES string of the molecule is CN=C(NCCN1CCCCC1C)NCc1nnc2ccccn12. The zero-order chi connectivity index (χ0) is 16.8. The highest BCUT2D eigenvalue weighted by Crippen LogP contribution is 2.15. The molecule has 1 atom stereocenters. The maximum atomic E-state index is 4.29. The minimum Gasteiger partial charge on any atom is -0.355 e. The van der Waals surface area contributed by atoms with E-state index in [2.05, 4.69) is 37.6 Å². The van der Waals surface area contributed by atoms with E-state index in [-0.39, 0.29) is 0 Å². The van der Waals surface area contributed by atoms with Crippen LogP contribution in [0.5, 0.6) is 0 Å². The molecule has 2 aromatic rings. The van der Waals surface area contributed by atoms with Gasteiger partial charge in [0.1, 0.15) is 0 Å². The molecule has 0 radical (unpaired) electrons. The average Bonchev–Trinajstić information content (AvgIpc) is 3.03. The van der Waals surface area contributed by atoms with E-state index in [1.807, 2.05) is 28.8 Å². The van der Waals surface area contributed by atoms with Crippen molar-refractivity contribution in [2.45, 2.75) is 38.8 Å². The Morgan fingerprint density at radius 3 is 3.04 bits per heavy atom. The van der Waals surface area contributed by atoms with Crippen LogP contribution in [0.25, 0.3) is 5.65 Å². The Bertz CT molecular complexity index is 678. The Balaban J connectivity index is 1.47. The molecule has 0 amide bonds. The van der Waals surface area contributed by atoms with Crippen molar-refractivity contribution in [3.63, 3.8) is 0 Å². The number of aromatic nitrogens is 3. The van der Waals surface area contributed by atoms with Gasteiger partial charge in [0.05, 0.1) is 6.54 Å². The molecule has 0 bridgehead atoms. The maximum Gasteiger partial charge on any atom is 0.191 e. The molecule has 130 valence electrons. The van der Waals surface area contributed by atoms with Gasteiger partial charge in [-0.15, -0.1) is 10.2 Å². The van der Waals surface area contributed by atoms with Gasteiger partial charge in [0.2, 0.25) is 0 Å². The van der Waals surface area contributed by atoms with E-state index >= 15 is 0 Å². The Morgan fingerprint density at radius 2 is 2.21 bits per heavy atom. The first-order chi connectivity index (χ1) is 11.8. The summed E-state index contributed by atoms with van der Waals surface area (Å²) in [5.74, 6) is 1.67. The third-order valence-corrected chi connectivity index (χ3v) is 4.65. The largest absolute Gasteiger partial charge is 0.355 e. The van der Waals surface area contributed by atoms with Crippen LogP contribution < -0.4 is 10.6 Å². The molecule has 0 aliphatic carbocycles. The van der Waals surface area contributed by atoms with Crippen molar-refractivity contribution in [2.24, 2.45) is 4.99 Å². The summed E-state index contributed by atoms with van der Waals surface area (Å²) >= 11 is 0. The molecule has 2 aromatic heterocycles. The average molecular weight is 329 g/mol. The molecule has 7 heteroatoms. The fourth-order valence-electron chi connectivity index (χ4n) is 3.20. The highest BCUT2D eigenvalue weighted by atomic mass is 15.3. The van der Waals surface area contributed by atoms with Gasteiger partial charge in [-0.05, 0) is 38.4 Å². The number of pyridine rings is 1. The Kier molecular flexibility index (Phi) is 5.63. The monoisotopic (exact) mass is 329 g/mol. The van der Waals surface area contributed by atoms with E-state index in [9.17, 15) is 0 Å². The maximum absolute atomic E-state index is 4.29. The van der Waals surface area contributed by atoms with Gasteiger partial charge in [-0.3, -0.25) is 14.3 Å². The molecule has 2 N–H and O–H groups in total. The highest BCUT2D eigenvalue weighted by Gasteiger charge is 2.17. The van der Waals surface area contributed by atoms with Gasteiger partial charge in [0.15, 0.2) is 17.4 Å². The molecule has 1 aliphatic heterocycles. The second-order valence-electron chi connectivity index (χ2n) is 6.28. The molecule has 1 unspecified atom stereocenters. The van der Waals surface area contributed by atoms with Crippen molar-refractivity contribution in [3.05, 3.63) is 30.2 Å². The number of guanidine groups is 1. The van der Waals surface area contributed by atoms with E-state index in [0.29, 0.717) is 12.6 Å². The van der Waals surface area contributed by atoms with Crippen LogP contribution in [-0.2, 0) is 6.54 Å². The van der Waals surface area contributed by atoms with Gasteiger partial charge in [-0.1, -0.05) is 12.5 Å². The predicted octanol–water partition coefficient (Wildman–Crippen LogP) is 1.27. The van der Waals surface area contributed by atoms with Crippen LogP contribution in [0.15, 0.2) is 29.4 Å². The van der Waals surface area contributed by atoms with Crippen LogP contribution in [0.2, 0.25) is 0 Å². The molecular formula is C17H27N7. The van der Waals surface area contributed by atoms with Crippen LogP contribution in [0.1, 0.15) is 32.0 Å². The smallest absolute Gasteiger partial charge is 0.191 e. The summed E-state index contributed by atoms with van der Waals surface area (Å²) in [4.78, 5) is 6.84. The molecule has 1 saturated heterocycles. The Labute approximate surface area is 143 Å². The van der Waals surface area contributed by atoms with Crippen molar-refractivity contribution < 1.29 is 0 Å². The normalized spacial score (nSPS) is 19.6. The minimum absolute atomic E-state index is 0.588. The van der Waals surface area contributed by atoms with Crippen molar-refractivity contribution in [2.75, 3.05) is 26.7 Å². The highest BCUT2D eigenvalue weighted by molar-refractivity contribution is 5.79. The van der Waals surface area contributed by atoms with E-state index in [1.165, 1.54) is 25.8 Å². The Morgan fingerprint density at radius 1 is 1.29 bits per heavy atom. The lowest BCUT2D eigenvalue weighted by atomic mass is 10.0. The minimum atomic E-state index is 0.588. The van der Waals surface area contributed by atoms with Crippen LogP contribution in [0.4, 0.5) is 0 Å². The third kappa shape index (κ3) is 4.03. The molecule has 24 heavy (non-hydrogen) atoms.